The zero-order valence-corrected chi connectivity index (χ0v) is 10.1. The molecule has 1 rings (SSSR count). The van der Waals surface area contributed by atoms with Crippen LogP contribution in [-0.4, -0.2) is 39.3 Å². The third-order valence-electron chi connectivity index (χ3n) is 2.09. The van der Waals surface area contributed by atoms with Gasteiger partial charge >= 0.3 is 5.97 Å². The van der Waals surface area contributed by atoms with Gasteiger partial charge in [0.2, 0.25) is 0 Å². The Morgan fingerprint density at radius 2 is 2.44 bits per heavy atom. The first-order chi connectivity index (χ1) is 7.65. The van der Waals surface area contributed by atoms with Gasteiger partial charge in [-0.15, -0.1) is 5.10 Å². The van der Waals surface area contributed by atoms with Crippen molar-refractivity contribution in [2.45, 2.75) is 19.4 Å². The van der Waals surface area contributed by atoms with Gasteiger partial charge in [-0.25, -0.2) is 4.79 Å². The van der Waals surface area contributed by atoms with Crippen LogP contribution in [0.2, 0.25) is 0 Å². The van der Waals surface area contributed by atoms with Gasteiger partial charge in [0.05, 0.1) is 6.20 Å². The van der Waals surface area contributed by atoms with Crippen LogP contribution in [0.15, 0.2) is 12.3 Å². The van der Waals surface area contributed by atoms with Crippen molar-refractivity contribution in [3.63, 3.8) is 0 Å². The van der Waals surface area contributed by atoms with Crippen LogP contribution in [0, 0.1) is 0 Å². The first kappa shape index (κ1) is 12.8. The van der Waals surface area contributed by atoms with Crippen LogP contribution in [0.1, 0.15) is 23.7 Å². The topological polar surface area (TPSA) is 75.1 Å². The van der Waals surface area contributed by atoms with Gasteiger partial charge in [0.1, 0.15) is 5.56 Å². The lowest BCUT2D eigenvalue weighted by atomic mass is 10.2. The number of carbonyl (C=O) groups is 1. The van der Waals surface area contributed by atoms with Crippen molar-refractivity contribution in [1.82, 2.24) is 10.2 Å². The molecular weight excluding hydrogens is 226 g/mol. The number of nitrogens with zero attached hydrogens (tertiary/aromatic N) is 2. The van der Waals surface area contributed by atoms with Gasteiger partial charge in [-0.2, -0.15) is 16.9 Å². The van der Waals surface area contributed by atoms with Gasteiger partial charge in [0.15, 0.2) is 5.82 Å². The summed E-state index contributed by atoms with van der Waals surface area (Å²) in [6, 6.07) is 1.63. The van der Waals surface area contributed by atoms with E-state index in [0.29, 0.717) is 5.82 Å². The molecule has 0 saturated carbocycles. The molecule has 1 unspecified atom stereocenters. The molecule has 0 amide bonds. The van der Waals surface area contributed by atoms with Crippen molar-refractivity contribution in [3.8, 4) is 0 Å². The highest BCUT2D eigenvalue weighted by molar-refractivity contribution is 7.98. The number of hydrogen-bond donors (Lipinski definition) is 2. The van der Waals surface area contributed by atoms with E-state index < -0.39 is 5.97 Å². The van der Waals surface area contributed by atoms with Crippen molar-refractivity contribution >= 4 is 23.5 Å². The van der Waals surface area contributed by atoms with Crippen molar-refractivity contribution in [3.05, 3.63) is 17.8 Å². The van der Waals surface area contributed by atoms with E-state index in [2.05, 4.69) is 15.5 Å². The lowest BCUT2D eigenvalue weighted by Crippen LogP contribution is -2.19. The zero-order valence-electron chi connectivity index (χ0n) is 9.30. The summed E-state index contributed by atoms with van der Waals surface area (Å²) in [5.41, 5.74) is 0.158. The molecule has 1 aromatic heterocycles. The number of rotatable bonds is 6. The second-order valence-electron chi connectivity index (χ2n) is 3.43. The lowest BCUT2D eigenvalue weighted by molar-refractivity contribution is 0.0697. The summed E-state index contributed by atoms with van der Waals surface area (Å²) in [5, 5.41) is 19.5. The molecule has 0 aliphatic heterocycles. The molecule has 0 radical (unpaired) electrons. The predicted octanol–water partition coefficient (Wildman–Crippen LogP) is 1.73. The molecule has 0 fully saturated rings. The monoisotopic (exact) mass is 241 g/mol. The average Bonchev–Trinajstić information content (AvgIpc) is 2.27. The summed E-state index contributed by atoms with van der Waals surface area (Å²) in [6.07, 6.45) is 4.37. The van der Waals surface area contributed by atoms with Crippen LogP contribution in [0.3, 0.4) is 0 Å². The molecule has 0 bridgehead atoms. The molecule has 0 saturated heterocycles. The van der Waals surface area contributed by atoms with Crippen LogP contribution >= 0.6 is 11.8 Å². The minimum atomic E-state index is -0.991. The quantitative estimate of drug-likeness (QED) is 0.790. The smallest absolute Gasteiger partial charge is 0.339 e. The van der Waals surface area contributed by atoms with E-state index in [4.69, 9.17) is 5.11 Å². The van der Waals surface area contributed by atoms with Crippen molar-refractivity contribution in [2.24, 2.45) is 0 Å². The maximum Gasteiger partial charge on any atom is 0.339 e. The number of aromatic nitrogens is 2. The Kier molecular flexibility index (Phi) is 5.04. The van der Waals surface area contributed by atoms with E-state index in [9.17, 15) is 4.79 Å². The molecule has 6 heteroatoms. The molecular formula is C10H15N3O2S. The molecule has 0 aromatic carbocycles. The minimum Gasteiger partial charge on any atom is -0.478 e. The van der Waals surface area contributed by atoms with E-state index in [1.165, 1.54) is 12.3 Å². The standard InChI is InChI=1S/C10H15N3O2S/c1-7(4-6-16-2)12-9-8(10(14)15)3-5-11-13-9/h3,5,7H,4,6H2,1-2H3,(H,12,13)(H,14,15). The number of carboxylic acid groups (broad SMARTS) is 1. The molecule has 1 heterocycles. The molecule has 5 nitrogen and oxygen atoms in total. The molecule has 2 N–H and O–H groups in total. The normalized spacial score (nSPS) is 12.1. The zero-order chi connectivity index (χ0) is 12.0. The molecule has 16 heavy (non-hydrogen) atoms. The van der Waals surface area contributed by atoms with Gasteiger partial charge < -0.3 is 10.4 Å². The van der Waals surface area contributed by atoms with Crippen molar-refractivity contribution in [2.75, 3.05) is 17.3 Å². The van der Waals surface area contributed by atoms with Gasteiger partial charge in [0, 0.05) is 6.04 Å². The first-order valence-corrected chi connectivity index (χ1v) is 6.35. The summed E-state index contributed by atoms with van der Waals surface area (Å²) >= 11 is 1.76. The number of nitrogens with one attached hydrogen (secondary N) is 1. The highest BCUT2D eigenvalue weighted by atomic mass is 32.2. The molecule has 0 spiro atoms. The Hall–Kier alpha value is -1.30. The Balaban J connectivity index is 2.69. The fourth-order valence-corrected chi connectivity index (χ4v) is 1.80. The van der Waals surface area contributed by atoms with Crippen LogP contribution in [0.5, 0.6) is 0 Å². The largest absolute Gasteiger partial charge is 0.478 e. The third-order valence-corrected chi connectivity index (χ3v) is 2.73. The van der Waals surface area contributed by atoms with Crippen molar-refractivity contribution in [1.29, 1.82) is 0 Å². The van der Waals surface area contributed by atoms with Gasteiger partial charge in [-0.3, -0.25) is 0 Å². The molecule has 0 aliphatic carbocycles. The van der Waals surface area contributed by atoms with Crippen LogP contribution in [-0.2, 0) is 0 Å². The number of hydrogen-bond acceptors (Lipinski definition) is 5. The van der Waals surface area contributed by atoms with Crippen LogP contribution in [0.25, 0.3) is 0 Å². The number of carboxylic acids is 1. The molecule has 1 aromatic rings. The third kappa shape index (κ3) is 3.69. The maximum absolute atomic E-state index is 10.9. The van der Waals surface area contributed by atoms with E-state index >= 15 is 0 Å². The molecule has 88 valence electrons. The maximum atomic E-state index is 10.9. The van der Waals surface area contributed by atoms with E-state index in [1.54, 1.807) is 11.8 Å². The van der Waals surface area contributed by atoms with Gasteiger partial charge in [-0.05, 0) is 31.4 Å². The predicted molar refractivity (Wildman–Crippen MR) is 65.1 cm³/mol. The summed E-state index contributed by atoms with van der Waals surface area (Å²) in [7, 11) is 0. The van der Waals surface area contributed by atoms with Crippen molar-refractivity contribution < 1.29 is 9.90 Å². The average molecular weight is 241 g/mol. The minimum absolute atomic E-state index is 0.158. The SMILES string of the molecule is CSCCC(C)Nc1nnccc1C(=O)O. The summed E-state index contributed by atoms with van der Waals surface area (Å²) < 4.78 is 0. The fourth-order valence-electron chi connectivity index (χ4n) is 1.21. The second kappa shape index (κ2) is 6.32. The summed E-state index contributed by atoms with van der Waals surface area (Å²) in [6.45, 7) is 2.00. The van der Waals surface area contributed by atoms with E-state index in [-0.39, 0.29) is 11.6 Å². The van der Waals surface area contributed by atoms with Crippen LogP contribution < -0.4 is 5.32 Å². The van der Waals surface area contributed by atoms with Gasteiger partial charge in [-0.1, -0.05) is 0 Å². The van der Waals surface area contributed by atoms with E-state index in [1.807, 2.05) is 13.2 Å². The van der Waals surface area contributed by atoms with Gasteiger partial charge in [0.25, 0.3) is 0 Å². The fraction of sp³-hybridized carbons (Fsp3) is 0.500. The second-order valence-corrected chi connectivity index (χ2v) is 4.41. The first-order valence-electron chi connectivity index (χ1n) is 4.95. The Morgan fingerprint density at radius 1 is 1.69 bits per heavy atom. The van der Waals surface area contributed by atoms with E-state index in [0.717, 1.165) is 12.2 Å². The number of anilines is 1. The number of thioether (sulfide) groups is 1. The lowest BCUT2D eigenvalue weighted by Gasteiger charge is -2.14. The number of aromatic carboxylic acids is 1. The summed E-state index contributed by atoms with van der Waals surface area (Å²) in [4.78, 5) is 10.9. The molecule has 0 aliphatic rings. The Labute approximate surface area is 98.7 Å². The highest BCUT2D eigenvalue weighted by Gasteiger charge is 2.12. The summed E-state index contributed by atoms with van der Waals surface area (Å²) in [5.74, 6) is 0.370. The Morgan fingerprint density at radius 3 is 3.06 bits per heavy atom. The highest BCUT2D eigenvalue weighted by Crippen LogP contribution is 2.13. The molecule has 1 atom stereocenters. The Bertz CT molecular complexity index is 360. The van der Waals surface area contributed by atoms with Crippen LogP contribution in [0.4, 0.5) is 5.82 Å².